The second-order valence-corrected chi connectivity index (χ2v) is 7.31. The second-order valence-electron chi connectivity index (χ2n) is 7.31. The van der Waals surface area contributed by atoms with Gasteiger partial charge in [-0.1, -0.05) is 30.3 Å². The van der Waals surface area contributed by atoms with Crippen molar-refractivity contribution >= 4 is 17.5 Å². The Bertz CT molecular complexity index is 832. The van der Waals surface area contributed by atoms with Gasteiger partial charge in [0, 0.05) is 18.8 Å². The van der Waals surface area contributed by atoms with Crippen LogP contribution in [0.4, 0.5) is 5.69 Å². The minimum absolute atomic E-state index is 0.0375. The summed E-state index contributed by atoms with van der Waals surface area (Å²) in [6.45, 7) is 4.89. The van der Waals surface area contributed by atoms with Crippen LogP contribution < -0.4 is 10.1 Å². The van der Waals surface area contributed by atoms with Gasteiger partial charge in [0.15, 0.2) is 6.61 Å². The van der Waals surface area contributed by atoms with Crippen LogP contribution in [0.2, 0.25) is 0 Å². The van der Waals surface area contributed by atoms with E-state index in [2.05, 4.69) is 5.32 Å². The van der Waals surface area contributed by atoms with Crippen molar-refractivity contribution in [3.8, 4) is 5.75 Å². The van der Waals surface area contributed by atoms with Gasteiger partial charge in [-0.2, -0.15) is 0 Å². The van der Waals surface area contributed by atoms with E-state index in [1.807, 2.05) is 50.2 Å². The molecule has 0 radical (unpaired) electrons. The number of benzene rings is 2. The average Bonchev–Trinajstić information content (AvgIpc) is 3.23. The van der Waals surface area contributed by atoms with Crippen LogP contribution in [0, 0.1) is 13.8 Å². The zero-order chi connectivity index (χ0) is 20.6. The number of nitrogens with one attached hydrogen (secondary N) is 1. The highest BCUT2D eigenvalue weighted by Crippen LogP contribution is 2.18. The molecule has 6 nitrogen and oxygen atoms in total. The quantitative estimate of drug-likeness (QED) is 0.743. The molecule has 0 spiro atoms. The standard InChI is InChI=1S/C23H28N2O4/c1-17-8-6-12-21(18(17)2)24-22(26)15-25(14-20-11-7-13-28-20)23(27)16-29-19-9-4-3-5-10-19/h3-6,8-10,12,20H,7,11,13-16H2,1-2H3,(H,24,26). The minimum Gasteiger partial charge on any atom is -0.484 e. The van der Waals surface area contributed by atoms with E-state index in [-0.39, 0.29) is 31.1 Å². The summed E-state index contributed by atoms with van der Waals surface area (Å²) in [6, 6.07) is 14.9. The first-order valence-corrected chi connectivity index (χ1v) is 9.96. The lowest BCUT2D eigenvalue weighted by Gasteiger charge is -2.25. The van der Waals surface area contributed by atoms with Crippen molar-refractivity contribution in [3.63, 3.8) is 0 Å². The Morgan fingerprint density at radius 1 is 1.14 bits per heavy atom. The molecule has 3 rings (SSSR count). The van der Waals surface area contributed by atoms with E-state index in [1.165, 1.54) is 4.90 Å². The molecule has 1 heterocycles. The fourth-order valence-corrected chi connectivity index (χ4v) is 3.29. The van der Waals surface area contributed by atoms with Gasteiger partial charge in [0.25, 0.3) is 5.91 Å². The molecule has 1 atom stereocenters. The highest BCUT2D eigenvalue weighted by atomic mass is 16.5. The molecule has 1 fully saturated rings. The summed E-state index contributed by atoms with van der Waals surface area (Å²) in [6.07, 6.45) is 1.83. The fourth-order valence-electron chi connectivity index (χ4n) is 3.29. The summed E-state index contributed by atoms with van der Waals surface area (Å²) in [5.41, 5.74) is 2.89. The van der Waals surface area contributed by atoms with Gasteiger partial charge in [0.2, 0.25) is 5.91 Å². The van der Waals surface area contributed by atoms with Crippen LogP contribution in [-0.4, -0.2) is 49.1 Å². The zero-order valence-electron chi connectivity index (χ0n) is 17.0. The number of para-hydroxylation sites is 1. The SMILES string of the molecule is Cc1cccc(NC(=O)CN(CC2CCCO2)C(=O)COc2ccccc2)c1C. The lowest BCUT2D eigenvalue weighted by Crippen LogP contribution is -2.44. The molecular formula is C23H28N2O4. The van der Waals surface area contributed by atoms with Crippen molar-refractivity contribution in [1.82, 2.24) is 4.90 Å². The van der Waals surface area contributed by atoms with E-state index in [1.54, 1.807) is 12.1 Å². The van der Waals surface area contributed by atoms with E-state index in [4.69, 9.17) is 9.47 Å². The largest absolute Gasteiger partial charge is 0.484 e. The highest BCUT2D eigenvalue weighted by molar-refractivity contribution is 5.95. The van der Waals surface area contributed by atoms with E-state index in [9.17, 15) is 9.59 Å². The molecule has 1 saturated heterocycles. The van der Waals surface area contributed by atoms with Gasteiger partial charge in [-0.05, 0) is 56.0 Å². The number of anilines is 1. The molecule has 6 heteroatoms. The van der Waals surface area contributed by atoms with Gasteiger partial charge in [-0.3, -0.25) is 9.59 Å². The van der Waals surface area contributed by atoms with Crippen LogP contribution in [0.5, 0.6) is 5.75 Å². The summed E-state index contributed by atoms with van der Waals surface area (Å²) in [7, 11) is 0. The molecule has 1 aliphatic rings. The van der Waals surface area contributed by atoms with E-state index in [0.29, 0.717) is 18.9 Å². The third kappa shape index (κ3) is 6.06. The van der Waals surface area contributed by atoms with Gasteiger partial charge in [0.05, 0.1) is 6.10 Å². The van der Waals surface area contributed by atoms with Gasteiger partial charge in [-0.15, -0.1) is 0 Å². The molecule has 154 valence electrons. The Hall–Kier alpha value is -2.86. The Kier molecular flexibility index (Phi) is 7.25. The molecule has 2 amide bonds. The van der Waals surface area contributed by atoms with Crippen molar-refractivity contribution in [2.24, 2.45) is 0 Å². The van der Waals surface area contributed by atoms with Gasteiger partial charge in [0.1, 0.15) is 12.3 Å². The van der Waals surface area contributed by atoms with E-state index < -0.39 is 0 Å². The number of hydrogen-bond donors (Lipinski definition) is 1. The maximum atomic E-state index is 12.8. The van der Waals surface area contributed by atoms with Gasteiger partial charge in [-0.25, -0.2) is 0 Å². The van der Waals surface area contributed by atoms with Crippen LogP contribution in [0.1, 0.15) is 24.0 Å². The first kappa shape index (κ1) is 20.9. The van der Waals surface area contributed by atoms with Crippen LogP contribution in [0.3, 0.4) is 0 Å². The maximum absolute atomic E-state index is 12.8. The van der Waals surface area contributed by atoms with Crippen LogP contribution in [0.25, 0.3) is 0 Å². The Morgan fingerprint density at radius 3 is 2.66 bits per heavy atom. The molecular weight excluding hydrogens is 368 g/mol. The molecule has 1 N–H and O–H groups in total. The number of nitrogens with zero attached hydrogens (tertiary/aromatic N) is 1. The first-order valence-electron chi connectivity index (χ1n) is 9.96. The van der Waals surface area contributed by atoms with Crippen LogP contribution in [-0.2, 0) is 14.3 Å². The Morgan fingerprint density at radius 2 is 1.93 bits per heavy atom. The van der Waals surface area contributed by atoms with Crippen molar-refractivity contribution in [2.45, 2.75) is 32.8 Å². The molecule has 0 aliphatic carbocycles. The monoisotopic (exact) mass is 396 g/mol. The summed E-state index contributed by atoms with van der Waals surface area (Å²) in [4.78, 5) is 27.0. The molecule has 0 aromatic heterocycles. The lowest BCUT2D eigenvalue weighted by atomic mass is 10.1. The van der Waals surface area contributed by atoms with Crippen molar-refractivity contribution < 1.29 is 19.1 Å². The van der Waals surface area contributed by atoms with Gasteiger partial charge < -0.3 is 19.7 Å². The summed E-state index contributed by atoms with van der Waals surface area (Å²) in [5.74, 6) is 0.156. The van der Waals surface area contributed by atoms with Crippen molar-refractivity contribution in [1.29, 1.82) is 0 Å². The maximum Gasteiger partial charge on any atom is 0.261 e. The molecule has 0 bridgehead atoms. The molecule has 0 saturated carbocycles. The smallest absolute Gasteiger partial charge is 0.261 e. The fraction of sp³-hybridized carbons (Fsp3) is 0.391. The van der Waals surface area contributed by atoms with E-state index in [0.717, 1.165) is 29.7 Å². The predicted molar refractivity (Wildman–Crippen MR) is 112 cm³/mol. The average molecular weight is 396 g/mol. The summed E-state index contributed by atoms with van der Waals surface area (Å²) >= 11 is 0. The van der Waals surface area contributed by atoms with Crippen LogP contribution in [0.15, 0.2) is 48.5 Å². The molecule has 2 aromatic carbocycles. The number of carbonyl (C=O) groups is 2. The number of amides is 2. The topological polar surface area (TPSA) is 67.9 Å². The zero-order valence-corrected chi connectivity index (χ0v) is 17.0. The van der Waals surface area contributed by atoms with Crippen molar-refractivity contribution in [2.75, 3.05) is 31.6 Å². The number of aryl methyl sites for hydroxylation is 1. The summed E-state index contributed by atoms with van der Waals surface area (Å²) < 4.78 is 11.2. The molecule has 1 aliphatic heterocycles. The van der Waals surface area contributed by atoms with Crippen molar-refractivity contribution in [3.05, 3.63) is 59.7 Å². The molecule has 1 unspecified atom stereocenters. The Balaban J connectivity index is 1.63. The molecule has 2 aromatic rings. The van der Waals surface area contributed by atoms with E-state index >= 15 is 0 Å². The highest BCUT2D eigenvalue weighted by Gasteiger charge is 2.25. The number of rotatable bonds is 8. The number of hydrogen-bond acceptors (Lipinski definition) is 4. The summed E-state index contributed by atoms with van der Waals surface area (Å²) in [5, 5.41) is 2.92. The van der Waals surface area contributed by atoms with Gasteiger partial charge >= 0.3 is 0 Å². The predicted octanol–water partition coefficient (Wildman–Crippen LogP) is 3.33. The minimum atomic E-state index is -0.236. The Labute approximate surface area is 171 Å². The van der Waals surface area contributed by atoms with Crippen LogP contribution >= 0.6 is 0 Å². The number of carbonyl (C=O) groups excluding carboxylic acids is 2. The molecule has 29 heavy (non-hydrogen) atoms. The lowest BCUT2D eigenvalue weighted by molar-refractivity contribution is -0.138. The third-order valence-corrected chi connectivity index (χ3v) is 5.12. The number of ether oxygens (including phenoxy) is 2. The third-order valence-electron chi connectivity index (χ3n) is 5.12. The first-order chi connectivity index (χ1) is 14.0. The normalized spacial score (nSPS) is 15.7. The second kappa shape index (κ2) is 10.1.